The fourth-order valence-corrected chi connectivity index (χ4v) is 6.10. The van der Waals surface area contributed by atoms with Gasteiger partial charge < -0.3 is 29.9 Å². The van der Waals surface area contributed by atoms with Crippen LogP contribution in [0.4, 0.5) is 0 Å². The minimum atomic E-state index is -0.709. The molecule has 7 nitrogen and oxygen atoms in total. The number of hydrogen-bond acceptors (Lipinski definition) is 7. The van der Waals surface area contributed by atoms with Crippen LogP contribution in [-0.4, -0.2) is 69.1 Å². The first-order valence-electron chi connectivity index (χ1n) is 17.2. The molecule has 1 fully saturated rings. The van der Waals surface area contributed by atoms with Crippen molar-refractivity contribution < 1.29 is 34.7 Å². The molecule has 2 rings (SSSR count). The van der Waals surface area contributed by atoms with Gasteiger partial charge in [0.05, 0.1) is 36.6 Å². The number of carbonyl (C=O) groups excluding carboxylic acids is 1. The fraction of sp³-hybridized carbons (Fsp3) is 0.857. The molecule has 4 N–H and O–H groups in total. The van der Waals surface area contributed by atoms with Crippen LogP contribution in [0.25, 0.3) is 0 Å². The molecular weight excluding hydrogens is 532 g/mol. The van der Waals surface area contributed by atoms with Crippen molar-refractivity contribution in [3.63, 3.8) is 0 Å². The molecule has 0 unspecified atom stereocenters. The van der Waals surface area contributed by atoms with Gasteiger partial charge >= 0.3 is 5.97 Å². The smallest absolute Gasteiger partial charge is 0.334 e. The van der Waals surface area contributed by atoms with Gasteiger partial charge in [0, 0.05) is 12.0 Å². The van der Waals surface area contributed by atoms with Gasteiger partial charge in [-0.15, -0.1) is 0 Å². The van der Waals surface area contributed by atoms with E-state index in [1.165, 1.54) is 51.4 Å². The maximum absolute atomic E-state index is 11.6. The highest BCUT2D eigenvalue weighted by Gasteiger charge is 2.30. The highest BCUT2D eigenvalue weighted by atomic mass is 16.5. The summed E-state index contributed by atoms with van der Waals surface area (Å²) in [6, 6.07) is 0. The number of carbonyl (C=O) groups is 1. The van der Waals surface area contributed by atoms with Crippen LogP contribution in [0.15, 0.2) is 23.8 Å². The largest absolute Gasteiger partial charge is 0.455 e. The SMILES string of the molecule is CCCC[C@H](O)[C@H](O)C/C=C\CC[C@H](O)[C@@H]1CC[C@@H](CCCCCCCCCCCC[C@@H](O)CC2=C[C@H](C)OC2=O)O1. The van der Waals surface area contributed by atoms with Crippen molar-refractivity contribution in [3.05, 3.63) is 23.8 Å². The number of allylic oxidation sites excluding steroid dienone is 1. The van der Waals surface area contributed by atoms with Gasteiger partial charge in [0.1, 0.15) is 6.10 Å². The van der Waals surface area contributed by atoms with Gasteiger partial charge in [0.2, 0.25) is 0 Å². The molecule has 7 heteroatoms. The van der Waals surface area contributed by atoms with Crippen molar-refractivity contribution >= 4 is 5.97 Å². The lowest BCUT2D eigenvalue weighted by Gasteiger charge is -2.19. The Balaban J connectivity index is 1.36. The van der Waals surface area contributed by atoms with Crippen molar-refractivity contribution in [3.8, 4) is 0 Å². The third-order valence-corrected chi connectivity index (χ3v) is 8.80. The number of cyclic esters (lactones) is 1. The van der Waals surface area contributed by atoms with Crippen molar-refractivity contribution in [1.82, 2.24) is 0 Å². The van der Waals surface area contributed by atoms with Crippen LogP contribution in [0, 0.1) is 0 Å². The second kappa shape index (κ2) is 22.3. The minimum Gasteiger partial charge on any atom is -0.455 e. The zero-order valence-corrected chi connectivity index (χ0v) is 26.6. The average Bonchev–Trinajstić information content (AvgIpc) is 3.57. The van der Waals surface area contributed by atoms with Crippen molar-refractivity contribution in [2.75, 3.05) is 0 Å². The van der Waals surface area contributed by atoms with Crippen molar-refractivity contribution in [2.45, 2.75) is 191 Å². The number of unbranched alkanes of at least 4 members (excludes halogenated alkanes) is 10. The zero-order chi connectivity index (χ0) is 30.6. The predicted molar refractivity (Wildman–Crippen MR) is 168 cm³/mol. The van der Waals surface area contributed by atoms with Crippen LogP contribution in [0.5, 0.6) is 0 Å². The Bertz CT molecular complexity index is 766. The van der Waals surface area contributed by atoms with Crippen LogP contribution in [-0.2, 0) is 14.3 Å². The Morgan fingerprint density at radius 1 is 0.833 bits per heavy atom. The molecule has 0 saturated carbocycles. The van der Waals surface area contributed by atoms with E-state index < -0.39 is 24.4 Å². The topological polar surface area (TPSA) is 116 Å². The molecule has 0 bridgehead atoms. The average molecular weight is 595 g/mol. The molecule has 0 amide bonds. The summed E-state index contributed by atoms with van der Waals surface area (Å²) >= 11 is 0. The molecule has 2 aliphatic heterocycles. The van der Waals surface area contributed by atoms with Gasteiger partial charge in [0.25, 0.3) is 0 Å². The highest BCUT2D eigenvalue weighted by Crippen LogP contribution is 2.28. The summed E-state index contributed by atoms with van der Waals surface area (Å²) in [7, 11) is 0. The van der Waals surface area contributed by atoms with Crippen molar-refractivity contribution in [2.24, 2.45) is 0 Å². The standard InChI is InChI=1S/C35H62O7/c1-3-4-20-31(37)32(38)21-16-13-17-22-33(39)34-24-23-30(42-34)19-15-12-10-8-6-5-7-9-11-14-18-29(36)26-28-25-27(2)41-35(28)40/h13,16,25,27,29-34,36-39H,3-12,14-15,17-24,26H2,1-2H3/b16-13-/t27-,29+,30+,31-,32+,33-,34-/m0/s1. The van der Waals surface area contributed by atoms with Gasteiger partial charge in [-0.2, -0.15) is 0 Å². The maximum Gasteiger partial charge on any atom is 0.334 e. The van der Waals surface area contributed by atoms with Crippen molar-refractivity contribution in [1.29, 1.82) is 0 Å². The summed E-state index contributed by atoms with van der Waals surface area (Å²) in [5.41, 5.74) is 0.624. The monoisotopic (exact) mass is 594 g/mol. The third kappa shape index (κ3) is 16.0. The van der Waals surface area contributed by atoms with Gasteiger partial charge in [-0.25, -0.2) is 4.79 Å². The number of hydrogen-bond donors (Lipinski definition) is 4. The normalized spacial score (nSPS) is 23.7. The molecule has 0 aliphatic carbocycles. The van der Waals surface area contributed by atoms with E-state index in [-0.39, 0.29) is 24.3 Å². The Kier molecular flexibility index (Phi) is 19.6. The van der Waals surface area contributed by atoms with E-state index in [9.17, 15) is 25.2 Å². The molecule has 0 aromatic rings. The number of esters is 1. The second-order valence-electron chi connectivity index (χ2n) is 12.8. The Labute approximate surface area is 255 Å². The van der Waals surface area contributed by atoms with E-state index in [2.05, 4.69) is 6.92 Å². The third-order valence-electron chi connectivity index (χ3n) is 8.80. The quantitative estimate of drug-likeness (QED) is 0.0520. The van der Waals surface area contributed by atoms with Crippen LogP contribution in [0.3, 0.4) is 0 Å². The van der Waals surface area contributed by atoms with Gasteiger partial charge in [-0.1, -0.05) is 96.1 Å². The first-order chi connectivity index (χ1) is 20.3. The van der Waals surface area contributed by atoms with Gasteiger partial charge in [-0.3, -0.25) is 0 Å². The summed E-state index contributed by atoms with van der Waals surface area (Å²) in [6.07, 6.45) is 24.4. The minimum absolute atomic E-state index is 0.0552. The van der Waals surface area contributed by atoms with Gasteiger partial charge in [0.15, 0.2) is 0 Å². The number of rotatable bonds is 25. The van der Waals surface area contributed by atoms with E-state index in [1.807, 2.05) is 25.2 Å². The molecule has 1 saturated heterocycles. The van der Waals surface area contributed by atoms with Crippen LogP contribution in [0.2, 0.25) is 0 Å². The highest BCUT2D eigenvalue weighted by molar-refractivity contribution is 5.90. The Morgan fingerprint density at radius 3 is 2.14 bits per heavy atom. The molecule has 0 aromatic carbocycles. The molecule has 0 spiro atoms. The first kappa shape index (κ1) is 36.9. The van der Waals surface area contributed by atoms with E-state index in [1.54, 1.807) is 0 Å². The Morgan fingerprint density at radius 2 is 1.50 bits per heavy atom. The summed E-state index contributed by atoms with van der Waals surface area (Å²) in [5.74, 6) is -0.275. The second-order valence-corrected chi connectivity index (χ2v) is 12.8. The van der Waals surface area contributed by atoms with E-state index >= 15 is 0 Å². The maximum atomic E-state index is 11.6. The predicted octanol–water partition coefficient (Wildman–Crippen LogP) is 6.84. The lowest BCUT2D eigenvalue weighted by atomic mass is 10.0. The van der Waals surface area contributed by atoms with Crippen LogP contribution in [0.1, 0.15) is 149 Å². The van der Waals surface area contributed by atoms with Crippen LogP contribution < -0.4 is 0 Å². The lowest BCUT2D eigenvalue weighted by Crippen LogP contribution is -2.26. The number of ether oxygens (including phenoxy) is 2. The molecule has 0 radical (unpaired) electrons. The summed E-state index contributed by atoms with van der Waals surface area (Å²) in [5, 5.41) is 40.6. The molecule has 7 atom stereocenters. The van der Waals surface area contributed by atoms with E-state index in [0.29, 0.717) is 31.3 Å². The van der Waals surface area contributed by atoms with E-state index in [4.69, 9.17) is 9.47 Å². The molecule has 2 aliphatic rings. The number of aliphatic hydroxyl groups excluding tert-OH is 4. The Hall–Kier alpha value is -1.25. The lowest BCUT2D eigenvalue weighted by molar-refractivity contribution is -0.139. The number of aliphatic hydroxyl groups is 4. The van der Waals surface area contributed by atoms with Crippen LogP contribution >= 0.6 is 0 Å². The van der Waals surface area contributed by atoms with Gasteiger partial charge in [-0.05, 0) is 64.4 Å². The van der Waals surface area contributed by atoms with E-state index in [0.717, 1.165) is 57.8 Å². The summed E-state index contributed by atoms with van der Waals surface area (Å²) in [4.78, 5) is 11.6. The first-order valence-corrected chi connectivity index (χ1v) is 17.2. The fourth-order valence-electron chi connectivity index (χ4n) is 6.10. The molecular formula is C35H62O7. The molecule has 0 aromatic heterocycles. The summed E-state index contributed by atoms with van der Waals surface area (Å²) in [6.45, 7) is 3.91. The summed E-state index contributed by atoms with van der Waals surface area (Å²) < 4.78 is 11.2. The molecule has 244 valence electrons. The molecule has 42 heavy (non-hydrogen) atoms. The molecule has 2 heterocycles. The zero-order valence-electron chi connectivity index (χ0n) is 26.6.